The molecule has 0 bridgehead atoms. The molecule has 0 radical (unpaired) electrons. The van der Waals surface area contributed by atoms with Gasteiger partial charge in [0.15, 0.2) is 0 Å². The molecule has 0 heterocycles. The van der Waals surface area contributed by atoms with Crippen LogP contribution < -0.4 is 0 Å². The Kier molecular flexibility index (Phi) is 5.33. The topological polar surface area (TPSA) is 37.4 Å². The Morgan fingerprint density at radius 2 is 1.86 bits per heavy atom. The first kappa shape index (κ1) is 16.8. The largest absolute Gasteiger partial charge is 0.243 e. The van der Waals surface area contributed by atoms with E-state index in [1.54, 1.807) is 10.4 Å². The van der Waals surface area contributed by atoms with E-state index in [9.17, 15) is 8.42 Å². The van der Waals surface area contributed by atoms with Gasteiger partial charge >= 0.3 is 0 Å². The molecule has 0 aromatic heterocycles. The summed E-state index contributed by atoms with van der Waals surface area (Å²) >= 11 is 5.91. The van der Waals surface area contributed by atoms with Crippen molar-refractivity contribution in [2.24, 2.45) is 0 Å². The molecule has 0 atom stereocenters. The molecule has 0 aliphatic heterocycles. The van der Waals surface area contributed by atoms with Crippen molar-refractivity contribution in [2.75, 3.05) is 6.54 Å². The Bertz CT molecular complexity index is 607. The van der Waals surface area contributed by atoms with Crippen LogP contribution in [0.2, 0.25) is 0 Å². The predicted molar refractivity (Wildman–Crippen MR) is 87.3 cm³/mol. The SMILES string of the molecule is CCN(C1CCCC1)S(=O)(=O)c1cc(CCl)cc(C)c1C. The maximum absolute atomic E-state index is 13.1. The molecule has 3 nitrogen and oxygen atoms in total. The lowest BCUT2D eigenvalue weighted by atomic mass is 10.1. The molecule has 0 N–H and O–H groups in total. The van der Waals surface area contributed by atoms with Gasteiger partial charge in [-0.25, -0.2) is 8.42 Å². The lowest BCUT2D eigenvalue weighted by Gasteiger charge is -2.28. The van der Waals surface area contributed by atoms with Crippen molar-refractivity contribution in [1.29, 1.82) is 0 Å². The van der Waals surface area contributed by atoms with Gasteiger partial charge in [0.05, 0.1) is 4.90 Å². The van der Waals surface area contributed by atoms with Crippen molar-refractivity contribution in [3.63, 3.8) is 0 Å². The molecule has 0 amide bonds. The number of alkyl halides is 1. The van der Waals surface area contributed by atoms with E-state index in [1.165, 1.54) is 0 Å². The van der Waals surface area contributed by atoms with E-state index in [0.717, 1.165) is 42.4 Å². The van der Waals surface area contributed by atoms with Gasteiger partial charge in [-0.05, 0) is 49.4 Å². The van der Waals surface area contributed by atoms with Crippen molar-refractivity contribution in [2.45, 2.75) is 63.3 Å². The number of rotatable bonds is 5. The summed E-state index contributed by atoms with van der Waals surface area (Å²) in [6.45, 7) is 6.26. The van der Waals surface area contributed by atoms with Crippen LogP contribution in [0.5, 0.6) is 0 Å². The Morgan fingerprint density at radius 1 is 1.24 bits per heavy atom. The first-order valence-electron chi connectivity index (χ1n) is 7.59. The second-order valence-corrected chi connectivity index (χ2v) is 7.94. The van der Waals surface area contributed by atoms with Crippen LogP contribution in [0.3, 0.4) is 0 Å². The Balaban J connectivity index is 2.49. The summed E-state index contributed by atoms with van der Waals surface area (Å²) in [5.74, 6) is 0.333. The molecule has 1 fully saturated rings. The van der Waals surface area contributed by atoms with E-state index < -0.39 is 10.0 Å². The fraction of sp³-hybridized carbons (Fsp3) is 0.625. The highest BCUT2D eigenvalue weighted by molar-refractivity contribution is 7.89. The van der Waals surface area contributed by atoms with E-state index >= 15 is 0 Å². The minimum Gasteiger partial charge on any atom is -0.207 e. The molecule has 1 aliphatic carbocycles. The van der Waals surface area contributed by atoms with Crippen LogP contribution in [0.1, 0.15) is 49.3 Å². The van der Waals surface area contributed by atoms with Gasteiger partial charge in [-0.15, -0.1) is 11.6 Å². The van der Waals surface area contributed by atoms with E-state index in [4.69, 9.17) is 11.6 Å². The van der Waals surface area contributed by atoms with Gasteiger partial charge in [-0.1, -0.05) is 25.8 Å². The summed E-state index contributed by atoms with van der Waals surface area (Å²) < 4.78 is 27.8. The second-order valence-electron chi connectivity index (χ2n) is 5.82. The maximum Gasteiger partial charge on any atom is 0.243 e. The quantitative estimate of drug-likeness (QED) is 0.766. The predicted octanol–water partition coefficient (Wildman–Crippen LogP) is 4.00. The van der Waals surface area contributed by atoms with Crippen molar-refractivity contribution in [1.82, 2.24) is 4.31 Å². The lowest BCUT2D eigenvalue weighted by Crippen LogP contribution is -2.39. The molecule has 118 valence electrons. The fourth-order valence-corrected chi connectivity index (χ4v) is 5.39. The number of benzene rings is 1. The smallest absolute Gasteiger partial charge is 0.207 e. The number of nitrogens with zero attached hydrogens (tertiary/aromatic N) is 1. The molecular weight excluding hydrogens is 306 g/mol. The minimum atomic E-state index is -3.45. The summed E-state index contributed by atoms with van der Waals surface area (Å²) in [4.78, 5) is 0.423. The molecule has 1 aliphatic rings. The first-order chi connectivity index (χ1) is 9.91. The molecule has 21 heavy (non-hydrogen) atoms. The molecule has 0 saturated heterocycles. The van der Waals surface area contributed by atoms with Crippen molar-refractivity contribution < 1.29 is 8.42 Å². The van der Waals surface area contributed by atoms with Crippen LogP contribution in [-0.2, 0) is 15.9 Å². The molecule has 1 aromatic carbocycles. The van der Waals surface area contributed by atoms with Gasteiger partial charge in [0.25, 0.3) is 0 Å². The summed E-state index contributed by atoms with van der Waals surface area (Å²) in [6.07, 6.45) is 4.19. The van der Waals surface area contributed by atoms with Gasteiger partial charge < -0.3 is 0 Å². The summed E-state index contributed by atoms with van der Waals surface area (Å²) in [6, 6.07) is 3.86. The monoisotopic (exact) mass is 329 g/mol. The molecule has 0 spiro atoms. The van der Waals surface area contributed by atoms with Crippen LogP contribution >= 0.6 is 11.6 Å². The van der Waals surface area contributed by atoms with Crippen LogP contribution in [0.25, 0.3) is 0 Å². The highest BCUT2D eigenvalue weighted by atomic mass is 35.5. The normalized spacial score (nSPS) is 16.8. The number of hydrogen-bond acceptors (Lipinski definition) is 2. The van der Waals surface area contributed by atoms with E-state index in [-0.39, 0.29) is 6.04 Å². The Labute approximate surface area is 133 Å². The third kappa shape index (κ3) is 3.27. The average Bonchev–Trinajstić information content (AvgIpc) is 2.95. The Morgan fingerprint density at radius 3 is 2.38 bits per heavy atom. The molecule has 5 heteroatoms. The highest BCUT2D eigenvalue weighted by Crippen LogP contribution is 2.31. The molecular formula is C16H24ClNO2S. The van der Waals surface area contributed by atoms with E-state index in [0.29, 0.717) is 17.3 Å². The van der Waals surface area contributed by atoms with Crippen LogP contribution in [0, 0.1) is 13.8 Å². The summed E-state index contributed by atoms with van der Waals surface area (Å²) in [5.41, 5.74) is 2.68. The Hall–Kier alpha value is -0.580. The second kappa shape index (κ2) is 6.67. The van der Waals surface area contributed by atoms with Gasteiger partial charge in [0.1, 0.15) is 0 Å². The van der Waals surface area contributed by atoms with Crippen molar-refractivity contribution in [3.8, 4) is 0 Å². The zero-order valence-corrected chi connectivity index (χ0v) is 14.6. The highest BCUT2D eigenvalue weighted by Gasteiger charge is 2.33. The zero-order valence-electron chi connectivity index (χ0n) is 13.0. The lowest BCUT2D eigenvalue weighted by molar-refractivity contribution is 0.335. The standard InChI is InChI=1S/C16H24ClNO2S/c1-4-18(15-7-5-6-8-15)21(19,20)16-10-14(11-17)9-12(2)13(16)3/h9-10,15H,4-8,11H2,1-3H3. The molecule has 1 aromatic rings. The number of aryl methyl sites for hydroxylation is 1. The van der Waals surface area contributed by atoms with Gasteiger partial charge in [-0.2, -0.15) is 4.31 Å². The molecule has 1 saturated carbocycles. The number of hydrogen-bond donors (Lipinski definition) is 0. The van der Waals surface area contributed by atoms with E-state index in [2.05, 4.69) is 0 Å². The van der Waals surface area contributed by atoms with E-state index in [1.807, 2.05) is 26.8 Å². The van der Waals surface area contributed by atoms with Crippen molar-refractivity contribution in [3.05, 3.63) is 28.8 Å². The fourth-order valence-electron chi connectivity index (χ4n) is 3.19. The summed E-state index contributed by atoms with van der Waals surface area (Å²) in [5, 5.41) is 0. The number of halogens is 1. The van der Waals surface area contributed by atoms with Gasteiger partial charge in [0, 0.05) is 18.5 Å². The van der Waals surface area contributed by atoms with Crippen molar-refractivity contribution >= 4 is 21.6 Å². The van der Waals surface area contributed by atoms with Crippen LogP contribution in [0.15, 0.2) is 17.0 Å². The molecule has 2 rings (SSSR count). The zero-order chi connectivity index (χ0) is 15.6. The van der Waals surface area contributed by atoms with Crippen LogP contribution in [0.4, 0.5) is 0 Å². The molecule has 0 unspecified atom stereocenters. The van der Waals surface area contributed by atoms with Crippen LogP contribution in [-0.4, -0.2) is 25.3 Å². The minimum absolute atomic E-state index is 0.152. The third-order valence-corrected chi connectivity index (χ3v) is 6.93. The average molecular weight is 330 g/mol. The van der Waals surface area contributed by atoms with Gasteiger partial charge in [0.2, 0.25) is 10.0 Å². The number of sulfonamides is 1. The summed E-state index contributed by atoms with van der Waals surface area (Å²) in [7, 11) is -3.45. The first-order valence-corrected chi connectivity index (χ1v) is 9.57. The maximum atomic E-state index is 13.1. The van der Waals surface area contributed by atoms with Gasteiger partial charge in [-0.3, -0.25) is 0 Å². The third-order valence-electron chi connectivity index (χ3n) is 4.46.